The molecule has 0 bridgehead atoms. The van der Waals surface area contributed by atoms with E-state index in [0.717, 1.165) is 5.75 Å². The highest BCUT2D eigenvalue weighted by molar-refractivity contribution is 5.43. The van der Waals surface area contributed by atoms with Crippen molar-refractivity contribution in [3.05, 3.63) is 95.8 Å². The topological polar surface area (TPSA) is 22.1 Å². The third-order valence-electron chi connectivity index (χ3n) is 3.62. The highest BCUT2D eigenvalue weighted by atomic mass is 16.5. The van der Waals surface area contributed by atoms with Crippen molar-refractivity contribution in [2.24, 2.45) is 0 Å². The van der Waals surface area contributed by atoms with Gasteiger partial charge in [-0.3, -0.25) is 4.98 Å². The summed E-state index contributed by atoms with van der Waals surface area (Å²) in [6.07, 6.45) is 3.68. The van der Waals surface area contributed by atoms with E-state index in [2.05, 4.69) is 53.5 Å². The van der Waals surface area contributed by atoms with Crippen molar-refractivity contribution in [1.82, 2.24) is 4.98 Å². The molecule has 0 aliphatic rings. The summed E-state index contributed by atoms with van der Waals surface area (Å²) in [5.41, 5.74) is 3.75. The summed E-state index contributed by atoms with van der Waals surface area (Å²) < 4.78 is 5.25. The van der Waals surface area contributed by atoms with Gasteiger partial charge in [-0.15, -0.1) is 0 Å². The van der Waals surface area contributed by atoms with Crippen LogP contribution in [0.4, 0.5) is 0 Å². The lowest BCUT2D eigenvalue weighted by Gasteiger charge is -2.19. The second-order valence-corrected chi connectivity index (χ2v) is 4.90. The number of rotatable bonds is 4. The van der Waals surface area contributed by atoms with E-state index in [1.165, 1.54) is 16.7 Å². The number of methoxy groups -OCH3 is 1. The molecule has 0 saturated carbocycles. The molecule has 0 spiro atoms. The molecule has 2 aromatic carbocycles. The fraction of sp³-hybridized carbons (Fsp3) is 0.105. The molecule has 1 atom stereocenters. The standard InChI is InChI=1S/C19H17NO/c1-21-18-9-7-16(8-10-18)19(15-5-3-2-4-6-15)17-11-13-20-14-12-17/h2-14,19H,1H3. The summed E-state index contributed by atoms with van der Waals surface area (Å²) in [6, 6.07) is 22.9. The van der Waals surface area contributed by atoms with Crippen molar-refractivity contribution in [2.75, 3.05) is 7.11 Å². The summed E-state index contributed by atoms with van der Waals surface area (Å²) in [5, 5.41) is 0. The van der Waals surface area contributed by atoms with Crippen LogP contribution in [0, 0.1) is 0 Å². The van der Waals surface area contributed by atoms with Gasteiger partial charge in [0.25, 0.3) is 0 Å². The molecule has 21 heavy (non-hydrogen) atoms. The van der Waals surface area contributed by atoms with Crippen LogP contribution >= 0.6 is 0 Å². The average molecular weight is 275 g/mol. The van der Waals surface area contributed by atoms with E-state index in [4.69, 9.17) is 4.74 Å². The van der Waals surface area contributed by atoms with Crippen LogP contribution in [0.25, 0.3) is 0 Å². The normalized spacial score (nSPS) is 11.9. The Balaban J connectivity index is 2.07. The van der Waals surface area contributed by atoms with Gasteiger partial charge in [0.15, 0.2) is 0 Å². The number of aromatic nitrogens is 1. The van der Waals surface area contributed by atoms with E-state index in [-0.39, 0.29) is 5.92 Å². The van der Waals surface area contributed by atoms with Crippen molar-refractivity contribution >= 4 is 0 Å². The first-order valence-electron chi connectivity index (χ1n) is 6.97. The van der Waals surface area contributed by atoms with Crippen molar-refractivity contribution in [3.63, 3.8) is 0 Å². The summed E-state index contributed by atoms with van der Waals surface area (Å²) >= 11 is 0. The maximum absolute atomic E-state index is 5.25. The zero-order chi connectivity index (χ0) is 14.5. The van der Waals surface area contributed by atoms with E-state index in [1.807, 2.05) is 30.6 Å². The molecule has 0 amide bonds. The molecule has 0 aliphatic heterocycles. The Morgan fingerprint density at radius 2 is 1.29 bits per heavy atom. The third-order valence-corrected chi connectivity index (χ3v) is 3.62. The fourth-order valence-corrected chi connectivity index (χ4v) is 2.58. The molecule has 1 unspecified atom stereocenters. The molecule has 104 valence electrons. The predicted molar refractivity (Wildman–Crippen MR) is 84.6 cm³/mol. The summed E-state index contributed by atoms with van der Waals surface area (Å²) in [5.74, 6) is 1.08. The van der Waals surface area contributed by atoms with Crippen molar-refractivity contribution < 1.29 is 4.74 Å². The van der Waals surface area contributed by atoms with Crippen LogP contribution in [0.2, 0.25) is 0 Å². The summed E-state index contributed by atoms with van der Waals surface area (Å²) in [7, 11) is 1.69. The number of nitrogens with zero attached hydrogens (tertiary/aromatic N) is 1. The van der Waals surface area contributed by atoms with Gasteiger partial charge in [0.05, 0.1) is 7.11 Å². The Hall–Kier alpha value is -2.61. The second-order valence-electron chi connectivity index (χ2n) is 4.90. The monoisotopic (exact) mass is 275 g/mol. The number of benzene rings is 2. The van der Waals surface area contributed by atoms with Crippen molar-refractivity contribution in [2.45, 2.75) is 5.92 Å². The van der Waals surface area contributed by atoms with Gasteiger partial charge in [-0.25, -0.2) is 0 Å². The largest absolute Gasteiger partial charge is 0.497 e. The molecule has 3 aromatic rings. The van der Waals surface area contributed by atoms with E-state index < -0.39 is 0 Å². The summed E-state index contributed by atoms with van der Waals surface area (Å²) in [6.45, 7) is 0. The first-order valence-corrected chi connectivity index (χ1v) is 6.97. The molecule has 1 aromatic heterocycles. The minimum Gasteiger partial charge on any atom is -0.497 e. The van der Waals surface area contributed by atoms with Gasteiger partial charge in [0.2, 0.25) is 0 Å². The Kier molecular flexibility index (Phi) is 3.97. The predicted octanol–water partition coefficient (Wildman–Crippen LogP) is 4.27. The number of hydrogen-bond acceptors (Lipinski definition) is 2. The lowest BCUT2D eigenvalue weighted by atomic mass is 9.86. The number of hydrogen-bond donors (Lipinski definition) is 0. The van der Waals surface area contributed by atoms with E-state index >= 15 is 0 Å². The van der Waals surface area contributed by atoms with Crippen LogP contribution in [0.15, 0.2) is 79.1 Å². The molecule has 2 nitrogen and oxygen atoms in total. The summed E-state index contributed by atoms with van der Waals surface area (Å²) in [4.78, 5) is 4.12. The van der Waals surface area contributed by atoms with E-state index in [1.54, 1.807) is 7.11 Å². The van der Waals surface area contributed by atoms with Crippen LogP contribution in [0.1, 0.15) is 22.6 Å². The zero-order valence-corrected chi connectivity index (χ0v) is 11.9. The van der Waals surface area contributed by atoms with Gasteiger partial charge in [-0.2, -0.15) is 0 Å². The molecular formula is C19H17NO. The van der Waals surface area contributed by atoms with Crippen LogP contribution in [-0.4, -0.2) is 12.1 Å². The number of ether oxygens (including phenoxy) is 1. The van der Waals surface area contributed by atoms with Gasteiger partial charge in [0.1, 0.15) is 5.75 Å². The first kappa shape index (κ1) is 13.4. The lowest BCUT2D eigenvalue weighted by Crippen LogP contribution is -2.03. The van der Waals surface area contributed by atoms with Crippen LogP contribution in [0.5, 0.6) is 5.75 Å². The smallest absolute Gasteiger partial charge is 0.118 e. The Bertz CT molecular complexity index is 638. The molecule has 2 heteroatoms. The van der Waals surface area contributed by atoms with Crippen LogP contribution in [-0.2, 0) is 0 Å². The van der Waals surface area contributed by atoms with Gasteiger partial charge >= 0.3 is 0 Å². The zero-order valence-electron chi connectivity index (χ0n) is 11.9. The molecule has 0 radical (unpaired) electrons. The molecule has 0 fully saturated rings. The fourth-order valence-electron chi connectivity index (χ4n) is 2.58. The Morgan fingerprint density at radius 3 is 1.90 bits per heavy atom. The first-order chi connectivity index (χ1) is 10.4. The maximum Gasteiger partial charge on any atom is 0.118 e. The highest BCUT2D eigenvalue weighted by Gasteiger charge is 2.16. The minimum atomic E-state index is 0.208. The van der Waals surface area contributed by atoms with Crippen LogP contribution in [0.3, 0.4) is 0 Å². The quantitative estimate of drug-likeness (QED) is 0.709. The van der Waals surface area contributed by atoms with Crippen molar-refractivity contribution in [1.29, 1.82) is 0 Å². The Labute approximate surface area is 125 Å². The minimum absolute atomic E-state index is 0.208. The Morgan fingerprint density at radius 1 is 0.714 bits per heavy atom. The molecule has 0 N–H and O–H groups in total. The molecule has 1 heterocycles. The highest BCUT2D eigenvalue weighted by Crippen LogP contribution is 2.32. The van der Waals surface area contributed by atoms with Gasteiger partial charge in [0, 0.05) is 18.3 Å². The second kappa shape index (κ2) is 6.23. The van der Waals surface area contributed by atoms with E-state index in [9.17, 15) is 0 Å². The lowest BCUT2D eigenvalue weighted by molar-refractivity contribution is 0.414. The van der Waals surface area contributed by atoms with Gasteiger partial charge in [-0.1, -0.05) is 42.5 Å². The van der Waals surface area contributed by atoms with Crippen LogP contribution < -0.4 is 4.74 Å². The van der Waals surface area contributed by atoms with Crippen molar-refractivity contribution in [3.8, 4) is 5.75 Å². The molecular weight excluding hydrogens is 258 g/mol. The molecule has 0 saturated heterocycles. The third kappa shape index (κ3) is 2.95. The maximum atomic E-state index is 5.25. The SMILES string of the molecule is COc1ccc(C(c2ccccc2)c2ccncc2)cc1. The molecule has 0 aliphatic carbocycles. The van der Waals surface area contributed by atoms with Gasteiger partial charge in [-0.05, 0) is 41.0 Å². The molecule has 3 rings (SSSR count). The number of pyridine rings is 1. The van der Waals surface area contributed by atoms with Gasteiger partial charge < -0.3 is 4.74 Å². The van der Waals surface area contributed by atoms with E-state index in [0.29, 0.717) is 0 Å². The average Bonchev–Trinajstić information content (AvgIpc) is 2.58.